The standard InChI is InChI=1S/C31H37ClO10/c1-15(33)38-14-27-28(39-16(2)34)29(40-17(3)35)30(41-18(4)36)31(37,42-27)24-5-6-26(32)23(12-24)13-25-21-8-19-7-20(10-21)11-22(25)9-19/h5-6,12-13,19-22,27-30,37H,7-11,14H2,1-4H3/t19?,20?,21?,22?,27-,28-,29+,30-,31-/m1/s1. The highest BCUT2D eigenvalue weighted by atomic mass is 35.5. The molecule has 0 amide bonds. The molecule has 1 aliphatic heterocycles. The number of carbonyl (C=O) groups excluding carboxylic acids is 4. The number of hydrogen-bond donors (Lipinski definition) is 1. The van der Waals surface area contributed by atoms with Gasteiger partial charge in [-0.2, -0.15) is 0 Å². The van der Waals surface area contributed by atoms with E-state index < -0.39 is 60.7 Å². The minimum atomic E-state index is -2.41. The van der Waals surface area contributed by atoms with Gasteiger partial charge in [-0.25, -0.2) is 0 Å². The molecule has 4 aliphatic carbocycles. The number of esters is 4. The lowest BCUT2D eigenvalue weighted by atomic mass is 9.54. The van der Waals surface area contributed by atoms with Gasteiger partial charge in [0.1, 0.15) is 12.7 Å². The summed E-state index contributed by atoms with van der Waals surface area (Å²) in [4.78, 5) is 48.2. The molecule has 0 radical (unpaired) electrons. The van der Waals surface area contributed by atoms with Crippen LogP contribution in [0, 0.1) is 23.7 Å². The van der Waals surface area contributed by atoms with Gasteiger partial charge in [-0.05, 0) is 73.5 Å². The maximum atomic E-state index is 12.3. The second-order valence-electron chi connectivity index (χ2n) is 12.0. The van der Waals surface area contributed by atoms with E-state index in [2.05, 4.69) is 6.08 Å². The maximum absolute atomic E-state index is 12.3. The first-order chi connectivity index (χ1) is 19.8. The van der Waals surface area contributed by atoms with Crippen molar-refractivity contribution in [3.63, 3.8) is 0 Å². The Morgan fingerprint density at radius 2 is 1.45 bits per heavy atom. The minimum absolute atomic E-state index is 0.167. The third kappa shape index (κ3) is 6.21. The van der Waals surface area contributed by atoms with Gasteiger partial charge in [0.25, 0.3) is 0 Å². The summed E-state index contributed by atoms with van der Waals surface area (Å²) in [5.41, 5.74) is 2.20. The molecular formula is C31H37ClO10. The van der Waals surface area contributed by atoms with Gasteiger partial charge in [0.05, 0.1) is 0 Å². The summed E-state index contributed by atoms with van der Waals surface area (Å²) in [6.07, 6.45) is 2.32. The number of benzene rings is 1. The van der Waals surface area contributed by atoms with Gasteiger partial charge in [-0.3, -0.25) is 19.2 Å². The molecular weight excluding hydrogens is 568 g/mol. The van der Waals surface area contributed by atoms with Crippen molar-refractivity contribution in [2.24, 2.45) is 23.7 Å². The maximum Gasteiger partial charge on any atom is 0.303 e. The van der Waals surface area contributed by atoms with Crippen molar-refractivity contribution in [2.75, 3.05) is 6.61 Å². The van der Waals surface area contributed by atoms with E-state index in [1.165, 1.54) is 50.7 Å². The molecule has 6 rings (SSSR count). The lowest BCUT2D eigenvalue weighted by molar-refractivity contribution is -0.360. The number of ether oxygens (including phenoxy) is 5. The highest BCUT2D eigenvalue weighted by Crippen LogP contribution is 2.57. The molecule has 0 unspecified atom stereocenters. The van der Waals surface area contributed by atoms with Gasteiger partial charge in [0, 0.05) is 38.3 Å². The van der Waals surface area contributed by atoms with Gasteiger partial charge in [0.2, 0.25) is 11.9 Å². The Bertz CT molecular complexity index is 1260. The van der Waals surface area contributed by atoms with E-state index in [9.17, 15) is 24.3 Å². The predicted molar refractivity (Wildman–Crippen MR) is 149 cm³/mol. The van der Waals surface area contributed by atoms with Crippen LogP contribution in [-0.2, 0) is 48.6 Å². The molecule has 0 spiro atoms. The van der Waals surface area contributed by atoms with E-state index >= 15 is 0 Å². The summed E-state index contributed by atoms with van der Waals surface area (Å²) in [7, 11) is 0. The summed E-state index contributed by atoms with van der Waals surface area (Å²) in [5.74, 6) is -2.81. The fourth-order valence-corrected chi connectivity index (χ4v) is 7.71. The highest BCUT2D eigenvalue weighted by Gasteiger charge is 2.60. The summed E-state index contributed by atoms with van der Waals surface area (Å²) in [6.45, 7) is 4.13. The Morgan fingerprint density at radius 3 is 2.00 bits per heavy atom. The molecule has 5 fully saturated rings. The summed E-state index contributed by atoms with van der Waals surface area (Å²) < 4.78 is 27.7. The molecule has 1 N–H and O–H groups in total. The molecule has 228 valence electrons. The van der Waals surface area contributed by atoms with Crippen molar-refractivity contribution in [3.05, 3.63) is 39.9 Å². The average Bonchev–Trinajstić information content (AvgIpc) is 2.88. The summed E-state index contributed by atoms with van der Waals surface area (Å²) in [5, 5.41) is 12.7. The van der Waals surface area contributed by atoms with Crippen LogP contribution in [0.1, 0.15) is 70.9 Å². The van der Waals surface area contributed by atoms with Crippen LogP contribution in [0.4, 0.5) is 0 Å². The molecule has 11 heteroatoms. The molecule has 1 aromatic rings. The lowest BCUT2D eigenvalue weighted by Gasteiger charge is -2.51. The lowest BCUT2D eigenvalue weighted by Crippen LogP contribution is -2.66. The number of rotatable bonds is 7. The SMILES string of the molecule is CC(=O)OC[C@H]1O[C@](O)(c2ccc(Cl)c(C=C3C4CC5CC(C4)CC3C5)c2)[C@H](OC(C)=O)[C@@H](OC(C)=O)[C@@H]1OC(C)=O. The van der Waals surface area contributed by atoms with Crippen molar-refractivity contribution < 1.29 is 48.0 Å². The average molecular weight is 605 g/mol. The van der Waals surface area contributed by atoms with Crippen LogP contribution >= 0.6 is 11.6 Å². The Morgan fingerprint density at radius 1 is 0.881 bits per heavy atom. The monoisotopic (exact) mass is 604 g/mol. The largest absolute Gasteiger partial charge is 0.463 e. The van der Waals surface area contributed by atoms with Crippen LogP contribution in [-0.4, -0.2) is 60.0 Å². The fraction of sp³-hybridized carbons (Fsp3) is 0.613. The first-order valence-corrected chi connectivity index (χ1v) is 14.8. The highest BCUT2D eigenvalue weighted by molar-refractivity contribution is 6.32. The second-order valence-corrected chi connectivity index (χ2v) is 12.4. The zero-order valence-electron chi connectivity index (χ0n) is 24.2. The molecule has 42 heavy (non-hydrogen) atoms. The van der Waals surface area contributed by atoms with Crippen LogP contribution in [0.25, 0.3) is 6.08 Å². The fourth-order valence-electron chi connectivity index (χ4n) is 7.53. The Labute approximate surface area is 249 Å². The smallest absolute Gasteiger partial charge is 0.303 e. The summed E-state index contributed by atoms with van der Waals surface area (Å²) >= 11 is 6.67. The van der Waals surface area contributed by atoms with E-state index in [0.717, 1.165) is 32.6 Å². The van der Waals surface area contributed by atoms with Crippen LogP contribution in [0.5, 0.6) is 0 Å². The molecule has 4 bridgehead atoms. The van der Waals surface area contributed by atoms with Gasteiger partial charge in [0.15, 0.2) is 12.2 Å². The number of allylic oxidation sites excluding steroid dienone is 1. The molecule has 5 aliphatic rings. The van der Waals surface area contributed by atoms with E-state index in [-0.39, 0.29) is 5.56 Å². The van der Waals surface area contributed by atoms with E-state index in [4.69, 9.17) is 35.3 Å². The summed E-state index contributed by atoms with van der Waals surface area (Å²) in [6, 6.07) is 4.81. The van der Waals surface area contributed by atoms with Gasteiger partial charge < -0.3 is 28.8 Å². The third-order valence-corrected chi connectivity index (χ3v) is 9.21. The number of aliphatic hydroxyl groups is 1. The molecule has 0 aromatic heterocycles. The van der Waals surface area contributed by atoms with Crippen molar-refractivity contribution >= 4 is 41.6 Å². The van der Waals surface area contributed by atoms with Crippen molar-refractivity contribution in [1.29, 1.82) is 0 Å². The van der Waals surface area contributed by atoms with Gasteiger partial charge >= 0.3 is 23.9 Å². The van der Waals surface area contributed by atoms with Gasteiger partial charge in [-0.1, -0.05) is 29.3 Å². The van der Waals surface area contributed by atoms with Crippen molar-refractivity contribution in [1.82, 2.24) is 0 Å². The normalized spacial score (nSPS) is 34.9. The van der Waals surface area contributed by atoms with E-state index in [0.29, 0.717) is 22.4 Å². The molecule has 5 atom stereocenters. The predicted octanol–water partition coefficient (Wildman–Crippen LogP) is 4.08. The van der Waals surface area contributed by atoms with Crippen molar-refractivity contribution in [3.8, 4) is 0 Å². The van der Waals surface area contributed by atoms with Crippen LogP contribution in [0.2, 0.25) is 5.02 Å². The molecule has 1 aromatic carbocycles. The number of halogens is 1. The molecule has 10 nitrogen and oxygen atoms in total. The zero-order chi connectivity index (χ0) is 30.3. The van der Waals surface area contributed by atoms with Gasteiger partial charge in [-0.15, -0.1) is 0 Å². The van der Waals surface area contributed by atoms with Crippen LogP contribution in [0.3, 0.4) is 0 Å². The van der Waals surface area contributed by atoms with Crippen LogP contribution in [0.15, 0.2) is 23.8 Å². The Kier molecular flexibility index (Phi) is 8.70. The van der Waals surface area contributed by atoms with E-state index in [1.54, 1.807) is 12.1 Å². The number of carbonyl (C=O) groups is 4. The minimum Gasteiger partial charge on any atom is -0.463 e. The Balaban J connectivity index is 1.57. The first kappa shape index (κ1) is 30.5. The van der Waals surface area contributed by atoms with E-state index in [1.807, 2.05) is 0 Å². The molecule has 4 saturated carbocycles. The van der Waals surface area contributed by atoms with Crippen LogP contribution < -0.4 is 0 Å². The first-order valence-electron chi connectivity index (χ1n) is 14.4. The quantitative estimate of drug-likeness (QED) is 0.358. The Hall–Kier alpha value is -2.95. The molecule has 1 saturated heterocycles. The zero-order valence-corrected chi connectivity index (χ0v) is 24.9. The second kappa shape index (κ2) is 12.0. The third-order valence-electron chi connectivity index (χ3n) is 8.87. The number of hydrogen-bond acceptors (Lipinski definition) is 10. The topological polar surface area (TPSA) is 135 Å². The van der Waals surface area contributed by atoms with Crippen molar-refractivity contribution in [2.45, 2.75) is 90.0 Å². The molecule has 1 heterocycles.